The van der Waals surface area contributed by atoms with Crippen LogP contribution in [0.15, 0.2) is 36.4 Å². The van der Waals surface area contributed by atoms with Gasteiger partial charge in [-0.15, -0.1) is 0 Å². The standard InChI is InChI=1S/C15H14F2INO/c1-19-15(12-5-3-9(16)7-14(12)18)11-6-4-10(20-2)8-13(11)17/h3-8,15,19H,1-2H3. The van der Waals surface area contributed by atoms with Crippen molar-refractivity contribution in [3.05, 3.63) is 62.7 Å². The van der Waals surface area contributed by atoms with Gasteiger partial charge in [0.15, 0.2) is 0 Å². The van der Waals surface area contributed by atoms with Crippen molar-refractivity contribution in [2.45, 2.75) is 6.04 Å². The number of nitrogens with one attached hydrogen (secondary N) is 1. The molecule has 0 aliphatic rings. The summed E-state index contributed by atoms with van der Waals surface area (Å²) in [6, 6.07) is 8.87. The van der Waals surface area contributed by atoms with E-state index in [0.29, 0.717) is 11.3 Å². The normalized spacial score (nSPS) is 12.2. The van der Waals surface area contributed by atoms with E-state index in [4.69, 9.17) is 4.74 Å². The third-order valence-corrected chi connectivity index (χ3v) is 4.02. The first-order valence-corrected chi connectivity index (χ1v) is 7.10. The molecule has 0 fully saturated rings. The lowest BCUT2D eigenvalue weighted by atomic mass is 9.98. The van der Waals surface area contributed by atoms with Crippen molar-refractivity contribution in [1.82, 2.24) is 5.32 Å². The number of methoxy groups -OCH3 is 1. The van der Waals surface area contributed by atoms with Crippen molar-refractivity contribution in [2.75, 3.05) is 14.2 Å². The Bertz CT molecular complexity index is 619. The number of halogens is 3. The minimum Gasteiger partial charge on any atom is -0.497 e. The predicted octanol–water partition coefficient (Wildman–Crippen LogP) is 3.89. The molecule has 0 amide bonds. The summed E-state index contributed by atoms with van der Waals surface area (Å²) in [5, 5.41) is 3.07. The summed E-state index contributed by atoms with van der Waals surface area (Å²) >= 11 is 2.05. The smallest absolute Gasteiger partial charge is 0.132 e. The molecule has 0 radical (unpaired) electrons. The van der Waals surface area contributed by atoms with Crippen molar-refractivity contribution in [2.24, 2.45) is 0 Å². The van der Waals surface area contributed by atoms with Gasteiger partial charge in [0.05, 0.1) is 13.2 Å². The molecule has 0 bridgehead atoms. The van der Waals surface area contributed by atoms with Crippen molar-refractivity contribution in [3.8, 4) is 5.75 Å². The number of rotatable bonds is 4. The fraction of sp³-hybridized carbons (Fsp3) is 0.200. The molecule has 1 atom stereocenters. The summed E-state index contributed by atoms with van der Waals surface area (Å²) in [7, 11) is 3.24. The molecule has 1 unspecified atom stereocenters. The average Bonchev–Trinajstić information content (AvgIpc) is 2.43. The van der Waals surface area contributed by atoms with E-state index in [1.807, 2.05) is 22.6 Å². The topological polar surface area (TPSA) is 21.3 Å². The lowest BCUT2D eigenvalue weighted by molar-refractivity contribution is 0.410. The maximum Gasteiger partial charge on any atom is 0.132 e. The van der Waals surface area contributed by atoms with Crippen molar-refractivity contribution in [1.29, 1.82) is 0 Å². The van der Waals surface area contributed by atoms with Crippen LogP contribution in [0.3, 0.4) is 0 Å². The molecule has 5 heteroatoms. The molecule has 0 aromatic heterocycles. The van der Waals surface area contributed by atoms with Gasteiger partial charge in [0, 0.05) is 15.2 Å². The summed E-state index contributed by atoms with van der Waals surface area (Å²) < 4.78 is 33.1. The van der Waals surface area contributed by atoms with E-state index in [9.17, 15) is 8.78 Å². The fourth-order valence-corrected chi connectivity index (χ4v) is 2.87. The zero-order valence-corrected chi connectivity index (χ0v) is 13.2. The molecule has 1 N–H and O–H groups in total. The van der Waals surface area contributed by atoms with Gasteiger partial charge in [-0.3, -0.25) is 0 Å². The van der Waals surface area contributed by atoms with Gasteiger partial charge >= 0.3 is 0 Å². The number of ether oxygens (including phenoxy) is 1. The molecule has 0 saturated heterocycles. The van der Waals surface area contributed by atoms with Crippen LogP contribution < -0.4 is 10.1 Å². The summed E-state index contributed by atoms with van der Waals surface area (Å²) in [4.78, 5) is 0. The van der Waals surface area contributed by atoms with E-state index in [1.165, 1.54) is 25.3 Å². The monoisotopic (exact) mass is 389 g/mol. The summed E-state index contributed by atoms with van der Waals surface area (Å²) in [5.41, 5.74) is 1.33. The highest BCUT2D eigenvalue weighted by atomic mass is 127. The first-order valence-electron chi connectivity index (χ1n) is 6.02. The summed E-state index contributed by atoms with van der Waals surface area (Å²) in [6.07, 6.45) is 0. The first kappa shape index (κ1) is 15.2. The highest BCUT2D eigenvalue weighted by molar-refractivity contribution is 14.1. The Morgan fingerprint density at radius 1 is 1.10 bits per heavy atom. The van der Waals surface area contributed by atoms with E-state index in [2.05, 4.69) is 5.32 Å². The second-order valence-electron chi connectivity index (χ2n) is 4.27. The third kappa shape index (κ3) is 3.09. The quantitative estimate of drug-likeness (QED) is 0.802. The minimum atomic E-state index is -0.358. The van der Waals surface area contributed by atoms with E-state index < -0.39 is 0 Å². The molecule has 0 aliphatic carbocycles. The fourth-order valence-electron chi connectivity index (χ4n) is 2.08. The van der Waals surface area contributed by atoms with Gasteiger partial charge in [-0.2, -0.15) is 0 Å². The molecule has 20 heavy (non-hydrogen) atoms. The lowest BCUT2D eigenvalue weighted by Gasteiger charge is -2.19. The van der Waals surface area contributed by atoms with Gasteiger partial charge < -0.3 is 10.1 Å². The van der Waals surface area contributed by atoms with Crippen molar-refractivity contribution in [3.63, 3.8) is 0 Å². The van der Waals surface area contributed by atoms with Gasteiger partial charge in [0.2, 0.25) is 0 Å². The maximum atomic E-state index is 14.2. The Hall–Kier alpha value is -1.21. The van der Waals surface area contributed by atoms with Crippen molar-refractivity contribution >= 4 is 22.6 Å². The Morgan fingerprint density at radius 3 is 2.35 bits per heavy atom. The zero-order valence-electron chi connectivity index (χ0n) is 11.1. The molecule has 2 rings (SSSR count). The SMILES string of the molecule is CNC(c1ccc(OC)cc1F)c1ccc(F)cc1I. The van der Waals surface area contributed by atoms with E-state index in [-0.39, 0.29) is 17.7 Å². The average molecular weight is 389 g/mol. The number of hydrogen-bond acceptors (Lipinski definition) is 2. The van der Waals surface area contributed by atoms with Crippen LogP contribution in [0.25, 0.3) is 0 Å². The molecular formula is C15H14F2INO. The second kappa shape index (κ2) is 6.49. The minimum absolute atomic E-state index is 0.303. The van der Waals surface area contributed by atoms with Crippen LogP contribution in [0, 0.1) is 15.2 Å². The molecule has 0 heterocycles. The van der Waals surface area contributed by atoms with Gasteiger partial charge in [0.25, 0.3) is 0 Å². The van der Waals surface area contributed by atoms with E-state index in [1.54, 1.807) is 25.2 Å². The van der Waals surface area contributed by atoms with Crippen LogP contribution in [0.4, 0.5) is 8.78 Å². The molecule has 2 aromatic rings. The van der Waals surface area contributed by atoms with Crippen LogP contribution in [0.2, 0.25) is 0 Å². The van der Waals surface area contributed by atoms with Gasteiger partial charge in [-0.1, -0.05) is 12.1 Å². The molecule has 0 spiro atoms. The molecule has 0 aliphatic heterocycles. The van der Waals surface area contributed by atoms with Crippen LogP contribution in [0.5, 0.6) is 5.75 Å². The Morgan fingerprint density at radius 2 is 1.80 bits per heavy atom. The van der Waals surface area contributed by atoms with Gasteiger partial charge in [-0.05, 0) is 53.4 Å². The highest BCUT2D eigenvalue weighted by Crippen LogP contribution is 2.29. The third-order valence-electron chi connectivity index (χ3n) is 3.08. The Labute approximate surface area is 130 Å². The second-order valence-corrected chi connectivity index (χ2v) is 5.44. The molecule has 2 nitrogen and oxygen atoms in total. The summed E-state index contributed by atoms with van der Waals surface area (Å²) in [5.74, 6) is -0.193. The molecule has 2 aromatic carbocycles. The van der Waals surface area contributed by atoms with Crippen molar-refractivity contribution < 1.29 is 13.5 Å². The van der Waals surface area contributed by atoms with E-state index in [0.717, 1.165) is 9.13 Å². The number of benzene rings is 2. The van der Waals surface area contributed by atoms with Crippen LogP contribution in [-0.2, 0) is 0 Å². The summed E-state index contributed by atoms with van der Waals surface area (Å²) in [6.45, 7) is 0. The lowest BCUT2D eigenvalue weighted by Crippen LogP contribution is -2.20. The maximum absolute atomic E-state index is 14.2. The first-order chi connectivity index (χ1) is 9.56. The zero-order chi connectivity index (χ0) is 14.7. The van der Waals surface area contributed by atoms with Crippen LogP contribution in [0.1, 0.15) is 17.2 Å². The van der Waals surface area contributed by atoms with Crippen LogP contribution in [-0.4, -0.2) is 14.2 Å². The highest BCUT2D eigenvalue weighted by Gasteiger charge is 2.19. The Kier molecular flexibility index (Phi) is 4.93. The molecule has 0 saturated carbocycles. The number of hydrogen-bond donors (Lipinski definition) is 1. The molecular weight excluding hydrogens is 375 g/mol. The molecule has 106 valence electrons. The Balaban J connectivity index is 2.47. The van der Waals surface area contributed by atoms with E-state index >= 15 is 0 Å². The van der Waals surface area contributed by atoms with Gasteiger partial charge in [0.1, 0.15) is 17.4 Å². The van der Waals surface area contributed by atoms with Gasteiger partial charge in [-0.25, -0.2) is 8.78 Å². The predicted molar refractivity (Wildman–Crippen MR) is 83.0 cm³/mol. The largest absolute Gasteiger partial charge is 0.497 e. The van der Waals surface area contributed by atoms with Crippen LogP contribution >= 0.6 is 22.6 Å².